The minimum atomic E-state index is -3.61. The van der Waals surface area contributed by atoms with Gasteiger partial charge < -0.3 is 14.8 Å². The van der Waals surface area contributed by atoms with E-state index < -0.39 is 22.0 Å². The van der Waals surface area contributed by atoms with Crippen LogP contribution in [0.5, 0.6) is 11.5 Å². The summed E-state index contributed by atoms with van der Waals surface area (Å²) in [6, 6.07) is 11.5. The van der Waals surface area contributed by atoms with Crippen LogP contribution in [0, 0.1) is 0 Å². The number of rotatable bonds is 5. The van der Waals surface area contributed by atoms with Crippen LogP contribution in [0.1, 0.15) is 13.8 Å². The zero-order valence-corrected chi connectivity index (χ0v) is 17.3. The van der Waals surface area contributed by atoms with Gasteiger partial charge in [-0.3, -0.25) is 9.10 Å². The Kier molecular flexibility index (Phi) is 5.71. The normalized spacial score (nSPS) is 16.3. The third-order valence-electron chi connectivity index (χ3n) is 3.98. The van der Waals surface area contributed by atoms with Crippen LogP contribution in [0.4, 0.5) is 11.4 Å². The molecule has 0 aromatic heterocycles. The molecule has 1 aliphatic rings. The molecule has 3 rings (SSSR count). The van der Waals surface area contributed by atoms with E-state index in [1.165, 1.54) is 6.07 Å². The lowest BCUT2D eigenvalue weighted by atomic mass is 10.2. The molecule has 0 bridgehead atoms. The third kappa shape index (κ3) is 4.69. The summed E-state index contributed by atoms with van der Waals surface area (Å²) in [7, 11) is -3.61. The first-order chi connectivity index (χ1) is 13.1. The van der Waals surface area contributed by atoms with Crippen LogP contribution in [-0.2, 0) is 14.8 Å². The number of anilines is 2. The number of halogens is 1. The van der Waals surface area contributed by atoms with Gasteiger partial charge in [0.1, 0.15) is 11.5 Å². The zero-order chi connectivity index (χ0) is 20.5. The molecule has 1 N–H and O–H groups in total. The molecule has 1 heterocycles. The molecule has 0 fully saturated rings. The van der Waals surface area contributed by atoms with Gasteiger partial charge in [0.25, 0.3) is 5.91 Å². The van der Waals surface area contributed by atoms with E-state index in [1.807, 2.05) is 13.8 Å². The van der Waals surface area contributed by atoms with E-state index in [1.54, 1.807) is 36.4 Å². The van der Waals surface area contributed by atoms with Crippen molar-refractivity contribution in [2.75, 3.05) is 22.4 Å². The fourth-order valence-corrected chi connectivity index (χ4v) is 3.86. The lowest BCUT2D eigenvalue weighted by Gasteiger charge is -2.34. The van der Waals surface area contributed by atoms with Crippen LogP contribution < -0.4 is 19.1 Å². The van der Waals surface area contributed by atoms with Gasteiger partial charge in [0.05, 0.1) is 24.6 Å². The second-order valence-electron chi connectivity index (χ2n) is 6.69. The molecule has 2 aromatic rings. The van der Waals surface area contributed by atoms with Crippen LogP contribution in [0.25, 0.3) is 0 Å². The molecule has 150 valence electrons. The van der Waals surface area contributed by atoms with Gasteiger partial charge >= 0.3 is 0 Å². The Bertz CT molecular complexity index is 976. The van der Waals surface area contributed by atoms with E-state index in [0.717, 1.165) is 10.6 Å². The first-order valence-electron chi connectivity index (χ1n) is 8.65. The van der Waals surface area contributed by atoms with E-state index in [0.29, 0.717) is 22.1 Å². The van der Waals surface area contributed by atoms with E-state index in [-0.39, 0.29) is 18.4 Å². The highest BCUT2D eigenvalue weighted by Gasteiger charge is 2.35. The summed E-state index contributed by atoms with van der Waals surface area (Å²) in [5, 5.41) is 3.12. The molecule has 1 amide bonds. The molecule has 0 radical (unpaired) electrons. The highest BCUT2D eigenvalue weighted by atomic mass is 35.5. The van der Waals surface area contributed by atoms with Gasteiger partial charge in [-0.15, -0.1) is 0 Å². The minimum absolute atomic E-state index is 0.0478. The predicted octanol–water partition coefficient (Wildman–Crippen LogP) is 3.29. The number of fused-ring (bicyclic) bond motifs is 1. The second-order valence-corrected chi connectivity index (χ2v) is 9.04. The first-order valence-corrected chi connectivity index (χ1v) is 10.9. The van der Waals surface area contributed by atoms with Gasteiger partial charge in [-0.25, -0.2) is 8.42 Å². The molecule has 0 saturated heterocycles. The Morgan fingerprint density at radius 1 is 1.25 bits per heavy atom. The standard InChI is InChI=1S/C19H21ClN2O5S/c1-12(2)26-15-7-5-14(6-8-15)21-19(23)18-11-22(28(3,24)25)16-10-13(20)4-9-17(16)27-18/h4-10,12,18H,11H2,1-3H3,(H,21,23)/t18-/m1/s1. The molecule has 1 atom stereocenters. The molecule has 7 nitrogen and oxygen atoms in total. The van der Waals surface area contributed by atoms with Crippen molar-refractivity contribution in [3.63, 3.8) is 0 Å². The van der Waals surface area contributed by atoms with Crippen LogP contribution in [0.2, 0.25) is 5.02 Å². The highest BCUT2D eigenvalue weighted by Crippen LogP contribution is 2.37. The predicted molar refractivity (Wildman–Crippen MR) is 109 cm³/mol. The van der Waals surface area contributed by atoms with Crippen molar-refractivity contribution in [1.82, 2.24) is 0 Å². The third-order valence-corrected chi connectivity index (χ3v) is 5.36. The van der Waals surface area contributed by atoms with Gasteiger partial charge in [0, 0.05) is 10.7 Å². The number of carbonyl (C=O) groups is 1. The maximum atomic E-state index is 12.7. The molecule has 2 aromatic carbocycles. The number of amides is 1. The summed E-state index contributed by atoms with van der Waals surface area (Å²) in [5.74, 6) is 0.518. The van der Waals surface area contributed by atoms with Gasteiger partial charge in [-0.2, -0.15) is 0 Å². The molecule has 28 heavy (non-hydrogen) atoms. The molecule has 0 aliphatic carbocycles. The van der Waals surface area contributed by atoms with E-state index in [2.05, 4.69) is 5.32 Å². The summed E-state index contributed by atoms with van der Waals surface area (Å²) in [6.45, 7) is 3.70. The average molecular weight is 425 g/mol. The fraction of sp³-hybridized carbons (Fsp3) is 0.316. The maximum Gasteiger partial charge on any atom is 0.267 e. The molecule has 0 unspecified atom stereocenters. The summed E-state index contributed by atoms with van der Waals surface area (Å²) < 4.78 is 36.8. The van der Waals surface area contributed by atoms with Crippen molar-refractivity contribution in [2.45, 2.75) is 26.1 Å². The fourth-order valence-electron chi connectivity index (χ4n) is 2.79. The van der Waals surface area contributed by atoms with E-state index in [9.17, 15) is 13.2 Å². The van der Waals surface area contributed by atoms with E-state index >= 15 is 0 Å². The molecule has 0 spiro atoms. The summed E-state index contributed by atoms with van der Waals surface area (Å²) in [6.07, 6.45) is 0.118. The monoisotopic (exact) mass is 424 g/mol. The number of carbonyl (C=O) groups excluding carboxylic acids is 1. The smallest absolute Gasteiger partial charge is 0.267 e. The van der Waals surface area contributed by atoms with Crippen LogP contribution in [-0.4, -0.2) is 39.3 Å². The van der Waals surface area contributed by atoms with Gasteiger partial charge in [-0.1, -0.05) is 11.6 Å². The molecule has 9 heteroatoms. The Balaban J connectivity index is 1.78. The first kappa shape index (κ1) is 20.3. The number of nitrogens with zero attached hydrogens (tertiary/aromatic N) is 1. The van der Waals surface area contributed by atoms with Crippen molar-refractivity contribution < 1.29 is 22.7 Å². The molecule has 0 saturated carbocycles. The summed E-state index contributed by atoms with van der Waals surface area (Å²) in [4.78, 5) is 12.7. The highest BCUT2D eigenvalue weighted by molar-refractivity contribution is 7.92. The number of sulfonamides is 1. The van der Waals surface area contributed by atoms with Crippen LogP contribution >= 0.6 is 11.6 Å². The van der Waals surface area contributed by atoms with Crippen molar-refractivity contribution in [1.29, 1.82) is 0 Å². The topological polar surface area (TPSA) is 84.9 Å². The van der Waals surface area contributed by atoms with Crippen molar-refractivity contribution >= 4 is 38.9 Å². The lowest BCUT2D eigenvalue weighted by Crippen LogP contribution is -2.48. The number of benzene rings is 2. The van der Waals surface area contributed by atoms with Crippen LogP contribution in [0.15, 0.2) is 42.5 Å². The Morgan fingerprint density at radius 3 is 2.54 bits per heavy atom. The molecular weight excluding hydrogens is 404 g/mol. The van der Waals surface area contributed by atoms with Crippen molar-refractivity contribution in [2.24, 2.45) is 0 Å². The SMILES string of the molecule is CC(C)Oc1ccc(NC(=O)[C@H]2CN(S(C)(=O)=O)c3cc(Cl)ccc3O2)cc1. The number of hydrogen-bond acceptors (Lipinski definition) is 5. The molecule has 1 aliphatic heterocycles. The largest absolute Gasteiger partial charge is 0.491 e. The quantitative estimate of drug-likeness (QED) is 0.796. The Labute approximate surface area is 169 Å². The average Bonchev–Trinajstić information content (AvgIpc) is 2.61. The minimum Gasteiger partial charge on any atom is -0.491 e. The second kappa shape index (κ2) is 7.89. The van der Waals surface area contributed by atoms with Gasteiger partial charge in [0.2, 0.25) is 10.0 Å². The Hall–Kier alpha value is -2.45. The molecular formula is C19H21ClN2O5S. The summed E-state index contributed by atoms with van der Waals surface area (Å²) in [5.41, 5.74) is 0.867. The van der Waals surface area contributed by atoms with Gasteiger partial charge in [0.15, 0.2) is 6.10 Å². The zero-order valence-electron chi connectivity index (χ0n) is 15.7. The Morgan fingerprint density at radius 2 is 1.93 bits per heavy atom. The number of hydrogen-bond donors (Lipinski definition) is 1. The summed E-state index contributed by atoms with van der Waals surface area (Å²) >= 11 is 5.98. The lowest BCUT2D eigenvalue weighted by molar-refractivity contribution is -0.122. The number of nitrogens with one attached hydrogen (secondary N) is 1. The van der Waals surface area contributed by atoms with Gasteiger partial charge in [-0.05, 0) is 56.3 Å². The van der Waals surface area contributed by atoms with Crippen molar-refractivity contribution in [3.05, 3.63) is 47.5 Å². The van der Waals surface area contributed by atoms with Crippen molar-refractivity contribution in [3.8, 4) is 11.5 Å². The van der Waals surface area contributed by atoms with Crippen LogP contribution in [0.3, 0.4) is 0 Å². The number of ether oxygens (including phenoxy) is 2. The van der Waals surface area contributed by atoms with E-state index in [4.69, 9.17) is 21.1 Å². The maximum absolute atomic E-state index is 12.7.